The summed E-state index contributed by atoms with van der Waals surface area (Å²) in [6, 6.07) is 15.5. The number of benzene rings is 3. The van der Waals surface area contributed by atoms with Crippen LogP contribution in [0.2, 0.25) is 10.0 Å². The standard InChI is InChI=1S/C21H12Cl2N2O4/c22-13-8-15(23)19-16(9-13)25-21(29-19)12-2-1-3-14(6-12)24-20(26)11-4-5-17-18(7-11)28-10-27-17/h1-9H,10H2,(H,24,26). The van der Waals surface area contributed by atoms with Crippen molar-refractivity contribution in [2.24, 2.45) is 0 Å². The smallest absolute Gasteiger partial charge is 0.255 e. The van der Waals surface area contributed by atoms with Crippen LogP contribution in [0.25, 0.3) is 22.6 Å². The number of rotatable bonds is 3. The Labute approximate surface area is 175 Å². The Morgan fingerprint density at radius 3 is 2.76 bits per heavy atom. The maximum Gasteiger partial charge on any atom is 0.255 e. The fourth-order valence-electron chi connectivity index (χ4n) is 3.05. The molecule has 0 spiro atoms. The van der Waals surface area contributed by atoms with Crippen molar-refractivity contribution in [1.29, 1.82) is 0 Å². The Hall–Kier alpha value is -3.22. The van der Waals surface area contributed by atoms with Crippen LogP contribution >= 0.6 is 23.2 Å². The number of aromatic nitrogens is 1. The van der Waals surface area contributed by atoms with Crippen LogP contribution in [-0.4, -0.2) is 17.7 Å². The molecule has 144 valence electrons. The Morgan fingerprint density at radius 2 is 1.86 bits per heavy atom. The van der Waals surface area contributed by atoms with Crippen molar-refractivity contribution in [2.75, 3.05) is 12.1 Å². The largest absolute Gasteiger partial charge is 0.454 e. The number of anilines is 1. The highest BCUT2D eigenvalue weighted by atomic mass is 35.5. The third-order valence-electron chi connectivity index (χ3n) is 4.41. The van der Waals surface area contributed by atoms with Gasteiger partial charge in [-0.1, -0.05) is 29.3 Å². The first-order chi connectivity index (χ1) is 14.1. The minimum absolute atomic E-state index is 0.155. The Kier molecular flexibility index (Phi) is 4.30. The number of carbonyl (C=O) groups is 1. The lowest BCUT2D eigenvalue weighted by Gasteiger charge is -2.07. The molecule has 1 N–H and O–H groups in total. The molecule has 8 heteroatoms. The summed E-state index contributed by atoms with van der Waals surface area (Å²) in [5.41, 5.74) is 2.77. The van der Waals surface area contributed by atoms with Crippen molar-refractivity contribution in [1.82, 2.24) is 4.98 Å². The fraction of sp³-hybridized carbons (Fsp3) is 0.0476. The summed E-state index contributed by atoms with van der Waals surface area (Å²) in [6.45, 7) is 0.155. The van der Waals surface area contributed by atoms with Crippen LogP contribution in [0.5, 0.6) is 11.5 Å². The quantitative estimate of drug-likeness (QED) is 0.449. The molecule has 1 aromatic heterocycles. The summed E-state index contributed by atoms with van der Waals surface area (Å²) in [6.07, 6.45) is 0. The van der Waals surface area contributed by atoms with Crippen LogP contribution in [0, 0.1) is 0 Å². The van der Waals surface area contributed by atoms with Gasteiger partial charge in [0.05, 0.1) is 5.02 Å². The van der Waals surface area contributed by atoms with Gasteiger partial charge in [-0.3, -0.25) is 4.79 Å². The van der Waals surface area contributed by atoms with E-state index in [0.717, 1.165) is 0 Å². The van der Waals surface area contributed by atoms with Crippen LogP contribution in [0.4, 0.5) is 5.69 Å². The van der Waals surface area contributed by atoms with E-state index in [1.54, 1.807) is 48.5 Å². The summed E-state index contributed by atoms with van der Waals surface area (Å²) in [7, 11) is 0. The monoisotopic (exact) mass is 426 g/mol. The number of hydrogen-bond donors (Lipinski definition) is 1. The zero-order valence-electron chi connectivity index (χ0n) is 14.7. The zero-order chi connectivity index (χ0) is 20.0. The maximum atomic E-state index is 12.6. The summed E-state index contributed by atoms with van der Waals surface area (Å²) in [5, 5.41) is 3.73. The fourth-order valence-corrected chi connectivity index (χ4v) is 3.58. The van der Waals surface area contributed by atoms with Crippen molar-refractivity contribution in [3.63, 3.8) is 0 Å². The summed E-state index contributed by atoms with van der Waals surface area (Å²) >= 11 is 12.2. The Bertz CT molecular complexity index is 1270. The molecular weight excluding hydrogens is 415 g/mol. The first-order valence-electron chi connectivity index (χ1n) is 8.64. The summed E-state index contributed by atoms with van der Waals surface area (Å²) in [5.74, 6) is 1.28. The predicted molar refractivity (Wildman–Crippen MR) is 110 cm³/mol. The number of carbonyl (C=O) groups excluding carboxylic acids is 1. The van der Waals surface area contributed by atoms with Gasteiger partial charge in [0.25, 0.3) is 5.91 Å². The lowest BCUT2D eigenvalue weighted by Crippen LogP contribution is -2.11. The van der Waals surface area contributed by atoms with E-state index in [2.05, 4.69) is 10.3 Å². The number of oxazole rings is 1. The van der Waals surface area contributed by atoms with Crippen molar-refractivity contribution < 1.29 is 18.7 Å². The molecule has 0 bridgehead atoms. The van der Waals surface area contributed by atoms with E-state index in [1.165, 1.54) is 0 Å². The zero-order valence-corrected chi connectivity index (χ0v) is 16.3. The van der Waals surface area contributed by atoms with Gasteiger partial charge in [-0.2, -0.15) is 0 Å². The molecule has 2 heterocycles. The van der Waals surface area contributed by atoms with Crippen LogP contribution in [0.15, 0.2) is 59.0 Å². The molecular formula is C21H12Cl2N2O4. The van der Waals surface area contributed by atoms with Crippen molar-refractivity contribution in [3.8, 4) is 23.0 Å². The molecule has 0 atom stereocenters. The van der Waals surface area contributed by atoms with Crippen molar-refractivity contribution >= 4 is 45.9 Å². The lowest BCUT2D eigenvalue weighted by molar-refractivity contribution is 0.102. The van der Waals surface area contributed by atoms with Crippen LogP contribution in [0.1, 0.15) is 10.4 Å². The SMILES string of the molecule is O=C(Nc1cccc(-c2nc3cc(Cl)cc(Cl)c3o2)c1)c1ccc2c(c1)OCO2. The van der Waals surface area contributed by atoms with Gasteiger partial charge in [-0.15, -0.1) is 0 Å². The molecule has 0 fully saturated rings. The average Bonchev–Trinajstić information content (AvgIpc) is 3.34. The Morgan fingerprint density at radius 1 is 1.00 bits per heavy atom. The Balaban J connectivity index is 1.43. The third kappa shape index (κ3) is 3.37. The number of nitrogens with zero attached hydrogens (tertiary/aromatic N) is 1. The third-order valence-corrected chi connectivity index (χ3v) is 4.91. The molecule has 1 amide bonds. The molecule has 0 aliphatic carbocycles. The number of ether oxygens (including phenoxy) is 2. The van der Waals surface area contributed by atoms with Gasteiger partial charge >= 0.3 is 0 Å². The first-order valence-corrected chi connectivity index (χ1v) is 9.39. The molecule has 0 saturated carbocycles. The van der Waals surface area contributed by atoms with Gasteiger partial charge in [0, 0.05) is 21.8 Å². The van der Waals surface area contributed by atoms with Gasteiger partial charge in [0.2, 0.25) is 12.7 Å². The van der Waals surface area contributed by atoms with Crippen molar-refractivity contribution in [3.05, 3.63) is 70.2 Å². The molecule has 0 radical (unpaired) electrons. The second-order valence-corrected chi connectivity index (χ2v) is 7.20. The highest BCUT2D eigenvalue weighted by molar-refractivity contribution is 6.38. The number of nitrogens with one attached hydrogen (secondary N) is 1. The molecule has 1 aliphatic heterocycles. The summed E-state index contributed by atoms with van der Waals surface area (Å²) in [4.78, 5) is 17.0. The van der Waals surface area contributed by atoms with Gasteiger partial charge < -0.3 is 19.2 Å². The molecule has 29 heavy (non-hydrogen) atoms. The molecule has 3 aromatic carbocycles. The highest BCUT2D eigenvalue weighted by Gasteiger charge is 2.17. The number of fused-ring (bicyclic) bond motifs is 2. The van der Waals surface area contributed by atoms with E-state index in [0.29, 0.717) is 55.3 Å². The molecule has 6 nitrogen and oxygen atoms in total. The normalized spacial score (nSPS) is 12.3. The maximum absolute atomic E-state index is 12.6. The van der Waals surface area contributed by atoms with Gasteiger partial charge in [0.1, 0.15) is 5.52 Å². The van der Waals surface area contributed by atoms with E-state index in [1.807, 2.05) is 6.07 Å². The van der Waals surface area contributed by atoms with Crippen molar-refractivity contribution in [2.45, 2.75) is 0 Å². The van der Waals surface area contributed by atoms with Gasteiger partial charge in [0.15, 0.2) is 17.1 Å². The number of amides is 1. The van der Waals surface area contributed by atoms with Crippen LogP contribution in [-0.2, 0) is 0 Å². The van der Waals surface area contributed by atoms with E-state index >= 15 is 0 Å². The second kappa shape index (κ2) is 6.99. The predicted octanol–water partition coefficient (Wildman–Crippen LogP) is 5.78. The minimum atomic E-state index is -0.271. The first kappa shape index (κ1) is 17.8. The van der Waals surface area contributed by atoms with Crippen LogP contribution in [0.3, 0.4) is 0 Å². The van der Waals surface area contributed by atoms with Gasteiger partial charge in [-0.25, -0.2) is 4.98 Å². The van der Waals surface area contributed by atoms with E-state index in [4.69, 9.17) is 37.1 Å². The summed E-state index contributed by atoms with van der Waals surface area (Å²) < 4.78 is 16.4. The number of halogens is 2. The molecule has 1 aliphatic rings. The second-order valence-electron chi connectivity index (χ2n) is 6.36. The molecule has 5 rings (SSSR count). The van der Waals surface area contributed by atoms with E-state index < -0.39 is 0 Å². The molecule has 0 saturated heterocycles. The average molecular weight is 427 g/mol. The lowest BCUT2D eigenvalue weighted by atomic mass is 10.1. The molecule has 4 aromatic rings. The van der Waals surface area contributed by atoms with E-state index in [-0.39, 0.29) is 12.7 Å². The molecule has 0 unspecified atom stereocenters. The number of hydrogen-bond acceptors (Lipinski definition) is 5. The topological polar surface area (TPSA) is 73.6 Å². The van der Waals surface area contributed by atoms with Gasteiger partial charge in [-0.05, 0) is 48.5 Å². The van der Waals surface area contributed by atoms with Crippen LogP contribution < -0.4 is 14.8 Å². The highest BCUT2D eigenvalue weighted by Crippen LogP contribution is 2.34. The minimum Gasteiger partial charge on any atom is -0.454 e. The van der Waals surface area contributed by atoms with E-state index in [9.17, 15) is 4.79 Å².